The van der Waals surface area contributed by atoms with Gasteiger partial charge in [-0.1, -0.05) is 11.6 Å². The van der Waals surface area contributed by atoms with E-state index in [1.165, 1.54) is 12.1 Å². The van der Waals surface area contributed by atoms with Gasteiger partial charge in [0.05, 0.1) is 5.02 Å². The first-order chi connectivity index (χ1) is 8.40. The lowest BCUT2D eigenvalue weighted by atomic mass is 10.2. The van der Waals surface area contributed by atoms with Crippen LogP contribution in [-0.4, -0.2) is 10.2 Å². The molecule has 0 aliphatic heterocycles. The Bertz CT molecular complexity index is 495. The number of anilines is 2. The molecule has 0 saturated carbocycles. The Morgan fingerprint density at radius 3 is 2.11 bits per heavy atom. The first-order valence-corrected chi connectivity index (χ1v) is 5.57. The summed E-state index contributed by atoms with van der Waals surface area (Å²) >= 11 is 5.48. The molecule has 0 saturated heterocycles. The second-order valence-corrected chi connectivity index (χ2v) is 4.16. The zero-order valence-corrected chi connectivity index (χ0v) is 10.6. The number of hydrogen-bond acceptors (Lipinski definition) is 4. The molecule has 0 fully saturated rings. The highest BCUT2D eigenvalue weighted by Gasteiger charge is 1.94. The third kappa shape index (κ3) is 4.07. The van der Waals surface area contributed by atoms with Crippen LogP contribution in [0.3, 0.4) is 0 Å². The first kappa shape index (κ1) is 14.0. The SMILES string of the molecule is Cc1cc(O)ccc1N.Nc1ccc(O)c(Cl)c1. The van der Waals surface area contributed by atoms with Crippen molar-refractivity contribution >= 4 is 23.0 Å². The van der Waals surface area contributed by atoms with Crippen LogP contribution in [0.5, 0.6) is 11.5 Å². The number of hydrogen-bond donors (Lipinski definition) is 4. The number of aromatic hydroxyl groups is 2. The van der Waals surface area contributed by atoms with E-state index in [4.69, 9.17) is 33.3 Å². The number of benzene rings is 2. The van der Waals surface area contributed by atoms with Crippen LogP contribution in [-0.2, 0) is 0 Å². The fraction of sp³-hybridized carbons (Fsp3) is 0.0769. The highest BCUT2D eigenvalue weighted by molar-refractivity contribution is 6.32. The average Bonchev–Trinajstić information content (AvgIpc) is 2.30. The molecule has 0 aliphatic carbocycles. The molecule has 2 rings (SSSR count). The molecule has 0 amide bonds. The molecule has 0 aliphatic rings. The molecule has 2 aromatic carbocycles. The molecular formula is C13H15ClN2O2. The van der Waals surface area contributed by atoms with E-state index in [-0.39, 0.29) is 16.5 Å². The molecule has 18 heavy (non-hydrogen) atoms. The molecule has 6 N–H and O–H groups in total. The Morgan fingerprint density at radius 2 is 1.67 bits per heavy atom. The molecule has 0 aromatic heterocycles. The number of phenolic OH excluding ortho intramolecular Hbond substituents is 2. The van der Waals surface area contributed by atoms with Crippen LogP contribution in [0.4, 0.5) is 11.4 Å². The molecular weight excluding hydrogens is 252 g/mol. The normalized spacial score (nSPS) is 9.44. The van der Waals surface area contributed by atoms with Gasteiger partial charge in [-0.25, -0.2) is 0 Å². The molecule has 0 unspecified atom stereocenters. The summed E-state index contributed by atoms with van der Waals surface area (Å²) in [5, 5.41) is 18.0. The Labute approximate surface area is 110 Å². The minimum absolute atomic E-state index is 0.0610. The molecule has 0 heterocycles. The fourth-order valence-electron chi connectivity index (χ4n) is 1.18. The van der Waals surface area contributed by atoms with Crippen LogP contribution in [0.15, 0.2) is 36.4 Å². The van der Waals surface area contributed by atoms with E-state index in [2.05, 4.69) is 0 Å². The van der Waals surface area contributed by atoms with Crippen molar-refractivity contribution in [3.8, 4) is 11.5 Å². The highest BCUT2D eigenvalue weighted by atomic mass is 35.5. The fourth-order valence-corrected chi connectivity index (χ4v) is 1.37. The summed E-state index contributed by atoms with van der Waals surface area (Å²) in [5.74, 6) is 0.326. The molecule has 2 aromatic rings. The summed E-state index contributed by atoms with van der Waals surface area (Å²) in [6, 6.07) is 9.43. The summed E-state index contributed by atoms with van der Waals surface area (Å²) in [4.78, 5) is 0. The van der Waals surface area contributed by atoms with Crippen LogP contribution in [0.1, 0.15) is 5.56 Å². The lowest BCUT2D eigenvalue weighted by molar-refractivity contribution is 0.474. The van der Waals surface area contributed by atoms with Crippen LogP contribution in [0, 0.1) is 6.92 Å². The minimum atomic E-state index is 0.0610. The third-order valence-corrected chi connectivity index (χ3v) is 2.53. The Kier molecular flexibility index (Phi) is 4.68. The van der Waals surface area contributed by atoms with Crippen molar-refractivity contribution in [2.24, 2.45) is 0 Å². The largest absolute Gasteiger partial charge is 0.508 e. The van der Waals surface area contributed by atoms with Gasteiger partial charge in [0, 0.05) is 11.4 Å². The lowest BCUT2D eigenvalue weighted by Gasteiger charge is -1.97. The maximum atomic E-state index is 8.88. The topological polar surface area (TPSA) is 92.5 Å². The van der Waals surface area contributed by atoms with E-state index in [0.29, 0.717) is 11.4 Å². The van der Waals surface area contributed by atoms with Crippen molar-refractivity contribution in [3.63, 3.8) is 0 Å². The van der Waals surface area contributed by atoms with Gasteiger partial charge in [0.1, 0.15) is 11.5 Å². The van der Waals surface area contributed by atoms with Crippen molar-refractivity contribution in [2.45, 2.75) is 6.92 Å². The van der Waals surface area contributed by atoms with Crippen LogP contribution in [0.25, 0.3) is 0 Å². The van der Waals surface area contributed by atoms with Gasteiger partial charge in [-0.15, -0.1) is 0 Å². The van der Waals surface area contributed by atoms with Gasteiger partial charge in [-0.2, -0.15) is 0 Å². The smallest absolute Gasteiger partial charge is 0.134 e. The summed E-state index contributed by atoms with van der Waals surface area (Å²) in [6.07, 6.45) is 0. The number of phenols is 2. The van der Waals surface area contributed by atoms with Crippen LogP contribution < -0.4 is 11.5 Å². The molecule has 96 valence electrons. The van der Waals surface area contributed by atoms with Crippen LogP contribution in [0.2, 0.25) is 5.02 Å². The second-order valence-electron chi connectivity index (χ2n) is 3.75. The van der Waals surface area contributed by atoms with Gasteiger partial charge in [0.15, 0.2) is 0 Å². The van der Waals surface area contributed by atoms with Crippen molar-refractivity contribution in [2.75, 3.05) is 11.5 Å². The number of nitrogen functional groups attached to an aromatic ring is 2. The Morgan fingerprint density at radius 1 is 1.00 bits per heavy atom. The van der Waals surface area contributed by atoms with E-state index in [9.17, 15) is 0 Å². The summed E-state index contributed by atoms with van der Waals surface area (Å²) in [6.45, 7) is 1.86. The monoisotopic (exact) mass is 266 g/mol. The standard InChI is InChI=1S/C7H9NO.C6H6ClNO/c1-5-4-6(9)2-3-7(5)8;7-5-3-4(8)1-2-6(5)9/h2-4,9H,8H2,1H3;1-3,9H,8H2. The van der Waals surface area contributed by atoms with Gasteiger partial charge < -0.3 is 21.7 Å². The average molecular weight is 267 g/mol. The van der Waals surface area contributed by atoms with Crippen molar-refractivity contribution in [3.05, 3.63) is 47.0 Å². The molecule has 0 atom stereocenters. The molecule has 0 spiro atoms. The summed E-state index contributed by atoms with van der Waals surface area (Å²) in [7, 11) is 0. The number of aryl methyl sites for hydroxylation is 1. The second kappa shape index (κ2) is 6.02. The lowest BCUT2D eigenvalue weighted by Crippen LogP contribution is -1.86. The Balaban J connectivity index is 0.000000180. The zero-order valence-electron chi connectivity index (χ0n) is 9.89. The van der Waals surface area contributed by atoms with E-state index >= 15 is 0 Å². The van der Waals surface area contributed by atoms with Gasteiger partial charge in [0.2, 0.25) is 0 Å². The quantitative estimate of drug-likeness (QED) is 0.436. The number of nitrogens with two attached hydrogens (primary N) is 2. The highest BCUT2D eigenvalue weighted by Crippen LogP contribution is 2.24. The third-order valence-electron chi connectivity index (χ3n) is 2.23. The van der Waals surface area contributed by atoms with Gasteiger partial charge >= 0.3 is 0 Å². The van der Waals surface area contributed by atoms with Crippen molar-refractivity contribution < 1.29 is 10.2 Å². The predicted molar refractivity (Wildman–Crippen MR) is 74.8 cm³/mol. The minimum Gasteiger partial charge on any atom is -0.508 e. The predicted octanol–water partition coefficient (Wildman–Crippen LogP) is 2.91. The van der Waals surface area contributed by atoms with Gasteiger partial charge in [0.25, 0.3) is 0 Å². The molecule has 5 heteroatoms. The van der Waals surface area contributed by atoms with Crippen molar-refractivity contribution in [1.82, 2.24) is 0 Å². The molecule has 0 bridgehead atoms. The Hall–Kier alpha value is -2.07. The maximum absolute atomic E-state index is 8.88. The van der Waals surface area contributed by atoms with E-state index in [1.807, 2.05) is 6.92 Å². The molecule has 4 nitrogen and oxygen atoms in total. The van der Waals surface area contributed by atoms with Gasteiger partial charge in [-0.05, 0) is 48.9 Å². The summed E-state index contributed by atoms with van der Waals surface area (Å²) < 4.78 is 0. The number of rotatable bonds is 0. The van der Waals surface area contributed by atoms with Crippen LogP contribution >= 0.6 is 11.6 Å². The zero-order chi connectivity index (χ0) is 13.7. The first-order valence-electron chi connectivity index (χ1n) is 5.19. The maximum Gasteiger partial charge on any atom is 0.134 e. The summed E-state index contributed by atoms with van der Waals surface area (Å²) in [5.41, 5.74) is 13.0. The van der Waals surface area contributed by atoms with E-state index in [0.717, 1.165) is 5.56 Å². The van der Waals surface area contributed by atoms with Crippen molar-refractivity contribution in [1.29, 1.82) is 0 Å². The molecule has 0 radical (unpaired) electrons. The number of halogens is 1. The van der Waals surface area contributed by atoms with E-state index in [1.54, 1.807) is 24.3 Å². The van der Waals surface area contributed by atoms with Gasteiger partial charge in [-0.3, -0.25) is 0 Å². The van der Waals surface area contributed by atoms with E-state index < -0.39 is 0 Å².